The minimum absolute atomic E-state index is 0.0747. The highest BCUT2D eigenvalue weighted by Gasteiger charge is 2.13. The first-order valence-corrected chi connectivity index (χ1v) is 8.85. The van der Waals surface area contributed by atoms with Gasteiger partial charge in [0.2, 0.25) is 5.91 Å². The van der Waals surface area contributed by atoms with E-state index < -0.39 is 0 Å². The predicted molar refractivity (Wildman–Crippen MR) is 94.4 cm³/mol. The van der Waals surface area contributed by atoms with E-state index in [9.17, 15) is 4.79 Å². The summed E-state index contributed by atoms with van der Waals surface area (Å²) in [5.74, 6) is 0.554. The molecule has 114 valence electrons. The van der Waals surface area contributed by atoms with Crippen LogP contribution in [-0.4, -0.2) is 11.7 Å². The van der Waals surface area contributed by atoms with E-state index in [1.807, 2.05) is 24.3 Å². The summed E-state index contributed by atoms with van der Waals surface area (Å²) in [6.45, 7) is 2.14. The molecule has 1 aliphatic carbocycles. The van der Waals surface area contributed by atoms with Crippen molar-refractivity contribution in [3.63, 3.8) is 0 Å². The van der Waals surface area contributed by atoms with Gasteiger partial charge in [-0.3, -0.25) is 4.79 Å². The van der Waals surface area contributed by atoms with E-state index in [-0.39, 0.29) is 5.91 Å². The Kier molecular flexibility index (Phi) is 4.84. The zero-order chi connectivity index (χ0) is 15.4. The second kappa shape index (κ2) is 7.01. The van der Waals surface area contributed by atoms with Crippen LogP contribution in [0.5, 0.6) is 0 Å². The molecule has 0 spiro atoms. The molecule has 2 aromatic rings. The van der Waals surface area contributed by atoms with Crippen LogP contribution in [0.15, 0.2) is 48.5 Å². The van der Waals surface area contributed by atoms with E-state index in [2.05, 4.69) is 36.5 Å². The first kappa shape index (κ1) is 15.2. The smallest absolute Gasteiger partial charge is 0.234 e. The molecule has 3 heteroatoms. The molecular formula is C19H21NOS. The molecule has 3 rings (SSSR count). The molecule has 1 aliphatic rings. The van der Waals surface area contributed by atoms with Crippen LogP contribution in [-0.2, 0) is 17.6 Å². The van der Waals surface area contributed by atoms with Crippen molar-refractivity contribution in [3.8, 4) is 0 Å². The molecule has 0 radical (unpaired) electrons. The van der Waals surface area contributed by atoms with Gasteiger partial charge in [0.05, 0.1) is 5.75 Å². The number of anilines is 1. The highest BCUT2D eigenvalue weighted by molar-refractivity contribution is 8.00. The number of carbonyl (C=O) groups excluding carboxylic acids is 1. The second-order valence-corrected chi connectivity index (χ2v) is 7.08. The average molecular weight is 311 g/mol. The Morgan fingerprint density at radius 1 is 1.14 bits per heavy atom. The van der Waals surface area contributed by atoms with Gasteiger partial charge in [0.1, 0.15) is 0 Å². The van der Waals surface area contributed by atoms with Gasteiger partial charge in [0, 0.05) is 10.9 Å². The first-order chi connectivity index (χ1) is 10.7. The van der Waals surface area contributed by atoms with Crippen molar-refractivity contribution in [1.82, 2.24) is 0 Å². The number of rotatable bonds is 5. The SMILES string of the molecule is C[C@@H](SCC(=O)Nc1ccc2c(c1)CCC2)c1ccccc1. The minimum atomic E-state index is 0.0747. The van der Waals surface area contributed by atoms with E-state index >= 15 is 0 Å². The third-order valence-corrected chi connectivity index (χ3v) is 5.32. The summed E-state index contributed by atoms with van der Waals surface area (Å²) in [7, 11) is 0. The quantitative estimate of drug-likeness (QED) is 0.873. The average Bonchev–Trinajstić information content (AvgIpc) is 3.01. The summed E-state index contributed by atoms with van der Waals surface area (Å²) in [6, 6.07) is 16.6. The lowest BCUT2D eigenvalue weighted by Gasteiger charge is -2.12. The van der Waals surface area contributed by atoms with Crippen molar-refractivity contribution in [2.45, 2.75) is 31.4 Å². The molecule has 2 aromatic carbocycles. The molecule has 1 atom stereocenters. The summed E-state index contributed by atoms with van der Waals surface area (Å²) in [5, 5.41) is 3.34. The molecule has 0 saturated carbocycles. The van der Waals surface area contributed by atoms with Crippen molar-refractivity contribution in [1.29, 1.82) is 0 Å². The number of carbonyl (C=O) groups is 1. The van der Waals surface area contributed by atoms with Crippen molar-refractivity contribution < 1.29 is 4.79 Å². The molecule has 1 amide bonds. The van der Waals surface area contributed by atoms with Crippen LogP contribution in [0.1, 0.15) is 35.3 Å². The number of benzene rings is 2. The lowest BCUT2D eigenvalue weighted by Crippen LogP contribution is -2.14. The van der Waals surface area contributed by atoms with E-state index in [1.165, 1.54) is 29.5 Å². The van der Waals surface area contributed by atoms with E-state index in [0.29, 0.717) is 11.0 Å². The van der Waals surface area contributed by atoms with Gasteiger partial charge in [-0.25, -0.2) is 0 Å². The Balaban J connectivity index is 1.52. The van der Waals surface area contributed by atoms with Crippen molar-refractivity contribution in [3.05, 3.63) is 65.2 Å². The molecule has 22 heavy (non-hydrogen) atoms. The van der Waals surface area contributed by atoms with Gasteiger partial charge in [0.15, 0.2) is 0 Å². The van der Waals surface area contributed by atoms with Gasteiger partial charge in [0.25, 0.3) is 0 Å². The van der Waals surface area contributed by atoms with Crippen LogP contribution in [0.4, 0.5) is 5.69 Å². The number of hydrogen-bond acceptors (Lipinski definition) is 2. The Morgan fingerprint density at radius 3 is 2.73 bits per heavy atom. The molecule has 2 nitrogen and oxygen atoms in total. The van der Waals surface area contributed by atoms with E-state index in [1.54, 1.807) is 11.8 Å². The van der Waals surface area contributed by atoms with Crippen LogP contribution in [0, 0.1) is 0 Å². The third kappa shape index (κ3) is 3.72. The van der Waals surface area contributed by atoms with Gasteiger partial charge in [-0.1, -0.05) is 36.4 Å². The van der Waals surface area contributed by atoms with Gasteiger partial charge in [-0.05, 0) is 55.0 Å². The van der Waals surface area contributed by atoms with Gasteiger partial charge in [-0.2, -0.15) is 0 Å². The minimum Gasteiger partial charge on any atom is -0.325 e. The fourth-order valence-corrected chi connectivity index (χ4v) is 3.69. The van der Waals surface area contributed by atoms with Gasteiger partial charge >= 0.3 is 0 Å². The first-order valence-electron chi connectivity index (χ1n) is 7.80. The Hall–Kier alpha value is -1.74. The Labute approximate surface area is 136 Å². The Morgan fingerprint density at radius 2 is 1.91 bits per heavy atom. The second-order valence-electron chi connectivity index (χ2n) is 5.75. The standard InChI is InChI=1S/C19H21NOS/c1-14(15-6-3-2-4-7-15)22-13-19(21)20-18-11-10-16-8-5-9-17(16)12-18/h2-4,6-7,10-12,14H,5,8-9,13H2,1H3,(H,20,21)/t14-/m1/s1. The van der Waals surface area contributed by atoms with Crippen LogP contribution in [0.3, 0.4) is 0 Å². The maximum atomic E-state index is 12.1. The maximum absolute atomic E-state index is 12.1. The lowest BCUT2D eigenvalue weighted by molar-refractivity contribution is -0.113. The topological polar surface area (TPSA) is 29.1 Å². The number of amides is 1. The fourth-order valence-electron chi connectivity index (χ4n) is 2.87. The highest BCUT2D eigenvalue weighted by Crippen LogP contribution is 2.28. The number of fused-ring (bicyclic) bond motifs is 1. The zero-order valence-corrected chi connectivity index (χ0v) is 13.7. The zero-order valence-electron chi connectivity index (χ0n) is 12.8. The summed E-state index contributed by atoms with van der Waals surface area (Å²) >= 11 is 1.67. The maximum Gasteiger partial charge on any atom is 0.234 e. The van der Waals surface area contributed by atoms with Crippen molar-refractivity contribution in [2.24, 2.45) is 0 Å². The predicted octanol–water partition coefficient (Wildman–Crippen LogP) is 4.61. The van der Waals surface area contributed by atoms with E-state index in [0.717, 1.165) is 12.1 Å². The van der Waals surface area contributed by atoms with Crippen molar-refractivity contribution in [2.75, 3.05) is 11.1 Å². The molecule has 0 saturated heterocycles. The molecule has 0 aromatic heterocycles. The molecule has 0 heterocycles. The molecule has 1 N–H and O–H groups in total. The summed E-state index contributed by atoms with van der Waals surface area (Å²) in [6.07, 6.45) is 3.55. The molecular weight excluding hydrogens is 290 g/mol. The summed E-state index contributed by atoms with van der Waals surface area (Å²) in [4.78, 5) is 12.1. The van der Waals surface area contributed by atoms with Crippen molar-refractivity contribution >= 4 is 23.4 Å². The Bertz CT molecular complexity index is 654. The van der Waals surface area contributed by atoms with Gasteiger partial charge in [-0.15, -0.1) is 11.8 Å². The number of thioether (sulfide) groups is 1. The molecule has 0 bridgehead atoms. The third-order valence-electron chi connectivity index (χ3n) is 4.12. The molecule has 0 unspecified atom stereocenters. The number of aryl methyl sites for hydroxylation is 2. The fraction of sp³-hybridized carbons (Fsp3) is 0.316. The van der Waals surface area contributed by atoms with Crippen LogP contribution < -0.4 is 5.32 Å². The lowest BCUT2D eigenvalue weighted by atomic mass is 10.1. The molecule has 0 fully saturated rings. The van der Waals surface area contributed by atoms with Crippen LogP contribution in [0.2, 0.25) is 0 Å². The normalized spacial score (nSPS) is 14.4. The highest BCUT2D eigenvalue weighted by atomic mass is 32.2. The monoisotopic (exact) mass is 311 g/mol. The number of hydrogen-bond donors (Lipinski definition) is 1. The largest absolute Gasteiger partial charge is 0.325 e. The summed E-state index contributed by atoms with van der Waals surface area (Å²) in [5.41, 5.74) is 5.02. The number of nitrogens with one attached hydrogen (secondary N) is 1. The van der Waals surface area contributed by atoms with Gasteiger partial charge < -0.3 is 5.32 Å². The van der Waals surface area contributed by atoms with Crippen LogP contribution >= 0.6 is 11.8 Å². The summed E-state index contributed by atoms with van der Waals surface area (Å²) < 4.78 is 0. The van der Waals surface area contributed by atoms with Crippen LogP contribution in [0.25, 0.3) is 0 Å². The van der Waals surface area contributed by atoms with E-state index in [4.69, 9.17) is 0 Å². The molecule has 0 aliphatic heterocycles.